The number of sulfone groups is 1. The second-order valence-electron chi connectivity index (χ2n) is 6.32. The number of nitrogens with zero attached hydrogens (tertiary/aromatic N) is 3. The number of amides is 1. The summed E-state index contributed by atoms with van der Waals surface area (Å²) in [5.74, 6) is 0. The zero-order chi connectivity index (χ0) is 19.6. The first-order valence-corrected chi connectivity index (χ1v) is 10.4. The Balaban J connectivity index is 2.53. The Kier molecular flexibility index (Phi) is 6.13. The predicted molar refractivity (Wildman–Crippen MR) is 102 cm³/mol. The van der Waals surface area contributed by atoms with Gasteiger partial charge < -0.3 is 4.90 Å². The molecule has 0 saturated carbocycles. The number of aryl methyl sites for hydroxylation is 3. The number of hydrogen-bond donors (Lipinski definition) is 0. The van der Waals surface area contributed by atoms with Gasteiger partial charge in [0.1, 0.15) is 0 Å². The van der Waals surface area contributed by atoms with Crippen LogP contribution in [0.2, 0.25) is 5.02 Å². The molecule has 142 valence electrons. The molecule has 2 aromatic rings. The quantitative estimate of drug-likeness (QED) is 0.764. The van der Waals surface area contributed by atoms with E-state index in [9.17, 15) is 13.2 Å². The van der Waals surface area contributed by atoms with Gasteiger partial charge in [-0.05, 0) is 45.2 Å². The van der Waals surface area contributed by atoms with E-state index in [2.05, 4.69) is 5.10 Å². The molecule has 1 aromatic carbocycles. The van der Waals surface area contributed by atoms with Crippen LogP contribution in [-0.2, 0) is 9.84 Å². The minimum absolute atomic E-state index is 0.0646. The largest absolute Gasteiger partial charge is 0.344 e. The Morgan fingerprint density at radius 2 is 1.77 bits per heavy atom. The van der Waals surface area contributed by atoms with Crippen molar-refractivity contribution in [3.8, 4) is 0 Å². The first-order valence-electron chi connectivity index (χ1n) is 8.50. The van der Waals surface area contributed by atoms with E-state index in [-0.39, 0.29) is 14.9 Å². The molecule has 2 rings (SSSR count). The Labute approximate surface area is 159 Å². The molecule has 0 fully saturated rings. The lowest BCUT2D eigenvalue weighted by molar-refractivity contribution is 0.198. The van der Waals surface area contributed by atoms with Crippen molar-refractivity contribution in [1.29, 1.82) is 0 Å². The van der Waals surface area contributed by atoms with Crippen LogP contribution in [0.25, 0.3) is 0 Å². The van der Waals surface area contributed by atoms with Crippen LogP contribution in [0.15, 0.2) is 28.3 Å². The highest BCUT2D eigenvalue weighted by atomic mass is 35.5. The van der Waals surface area contributed by atoms with Crippen molar-refractivity contribution in [2.45, 2.75) is 51.0 Å². The standard InChI is InChI=1S/C18H24ClN3O3S/c1-6-8-21(7-2)18(23)22-11-15(19)17(20-22)26(24,25)16-13(4)9-12(3)10-14(16)5/h9-11H,6-8H2,1-5H3. The lowest BCUT2D eigenvalue weighted by Gasteiger charge is -2.19. The van der Waals surface area contributed by atoms with Crippen molar-refractivity contribution in [2.75, 3.05) is 13.1 Å². The second-order valence-corrected chi connectivity index (χ2v) is 8.53. The van der Waals surface area contributed by atoms with Crippen LogP contribution in [0.5, 0.6) is 0 Å². The van der Waals surface area contributed by atoms with E-state index < -0.39 is 15.9 Å². The summed E-state index contributed by atoms with van der Waals surface area (Å²) < 4.78 is 27.3. The summed E-state index contributed by atoms with van der Waals surface area (Å²) in [5.41, 5.74) is 2.23. The number of carbonyl (C=O) groups excluding carboxylic acids is 1. The molecule has 1 heterocycles. The van der Waals surface area contributed by atoms with Crippen LogP contribution in [-0.4, -0.2) is 42.2 Å². The molecule has 1 amide bonds. The average molecular weight is 398 g/mol. The molecule has 0 aliphatic rings. The fraction of sp³-hybridized carbons (Fsp3) is 0.444. The molecular weight excluding hydrogens is 374 g/mol. The van der Waals surface area contributed by atoms with E-state index in [1.165, 1.54) is 6.20 Å². The molecule has 1 aromatic heterocycles. The Morgan fingerprint density at radius 1 is 1.19 bits per heavy atom. The Bertz CT molecular complexity index is 912. The molecule has 0 aliphatic carbocycles. The lowest BCUT2D eigenvalue weighted by Crippen LogP contribution is -2.35. The van der Waals surface area contributed by atoms with Crippen LogP contribution in [0, 0.1) is 20.8 Å². The topological polar surface area (TPSA) is 72.3 Å². The Morgan fingerprint density at radius 3 is 2.27 bits per heavy atom. The Hall–Kier alpha value is -1.86. The number of hydrogen-bond acceptors (Lipinski definition) is 4. The number of halogens is 1. The van der Waals surface area contributed by atoms with Gasteiger partial charge in [0.15, 0.2) is 0 Å². The smallest absolute Gasteiger partial charge is 0.323 e. The SMILES string of the molecule is CCCN(CC)C(=O)n1cc(Cl)c(S(=O)(=O)c2c(C)cc(C)cc2C)n1. The maximum Gasteiger partial charge on any atom is 0.344 e. The van der Waals surface area contributed by atoms with Crippen LogP contribution in [0.1, 0.15) is 37.0 Å². The average Bonchev–Trinajstić information content (AvgIpc) is 2.93. The molecule has 26 heavy (non-hydrogen) atoms. The van der Waals surface area contributed by atoms with Gasteiger partial charge in [0.25, 0.3) is 0 Å². The second kappa shape index (κ2) is 7.80. The summed E-state index contributed by atoms with van der Waals surface area (Å²) >= 11 is 6.15. The number of benzene rings is 1. The van der Waals surface area contributed by atoms with Crippen LogP contribution in [0.3, 0.4) is 0 Å². The third-order valence-electron chi connectivity index (χ3n) is 4.11. The van der Waals surface area contributed by atoms with Crippen LogP contribution >= 0.6 is 11.6 Å². The highest BCUT2D eigenvalue weighted by Crippen LogP contribution is 2.31. The normalized spacial score (nSPS) is 11.6. The third-order valence-corrected chi connectivity index (χ3v) is 6.49. The number of aromatic nitrogens is 2. The molecule has 0 bridgehead atoms. The molecule has 0 spiro atoms. The summed E-state index contributed by atoms with van der Waals surface area (Å²) in [5, 5.41) is 3.66. The van der Waals surface area contributed by atoms with E-state index in [1.54, 1.807) is 30.9 Å². The number of rotatable bonds is 5. The zero-order valence-corrected chi connectivity index (χ0v) is 17.3. The minimum Gasteiger partial charge on any atom is -0.323 e. The fourth-order valence-corrected chi connectivity index (χ4v) is 5.21. The molecule has 0 N–H and O–H groups in total. The summed E-state index contributed by atoms with van der Waals surface area (Å²) in [6.45, 7) is 10.3. The summed E-state index contributed by atoms with van der Waals surface area (Å²) in [4.78, 5) is 14.3. The van der Waals surface area contributed by atoms with Crippen molar-refractivity contribution in [3.05, 3.63) is 40.0 Å². The molecule has 0 unspecified atom stereocenters. The van der Waals surface area contributed by atoms with Crippen LogP contribution < -0.4 is 0 Å². The first-order chi connectivity index (χ1) is 12.1. The lowest BCUT2D eigenvalue weighted by atomic mass is 10.1. The minimum atomic E-state index is -3.94. The third kappa shape index (κ3) is 3.78. The van der Waals surface area contributed by atoms with E-state index in [4.69, 9.17) is 11.6 Å². The maximum absolute atomic E-state index is 13.1. The zero-order valence-electron chi connectivity index (χ0n) is 15.7. The van der Waals surface area contributed by atoms with Gasteiger partial charge in [0, 0.05) is 13.1 Å². The van der Waals surface area contributed by atoms with Gasteiger partial charge in [-0.2, -0.15) is 9.78 Å². The van der Waals surface area contributed by atoms with Crippen molar-refractivity contribution in [1.82, 2.24) is 14.7 Å². The highest BCUT2D eigenvalue weighted by molar-refractivity contribution is 7.91. The van der Waals surface area contributed by atoms with Crippen LogP contribution in [0.4, 0.5) is 4.79 Å². The number of carbonyl (C=O) groups is 1. The van der Waals surface area contributed by atoms with Gasteiger partial charge in [0.05, 0.1) is 16.1 Å². The summed E-state index contributed by atoms with van der Waals surface area (Å²) in [7, 11) is -3.94. The van der Waals surface area contributed by atoms with Gasteiger partial charge in [-0.25, -0.2) is 13.2 Å². The van der Waals surface area contributed by atoms with Crippen molar-refractivity contribution in [3.63, 3.8) is 0 Å². The molecule has 0 aliphatic heterocycles. The molecule has 6 nitrogen and oxygen atoms in total. The molecule has 0 saturated heterocycles. The predicted octanol–water partition coefficient (Wildman–Crippen LogP) is 3.99. The first kappa shape index (κ1) is 20.5. The molecule has 8 heteroatoms. The van der Waals surface area contributed by atoms with E-state index in [1.807, 2.05) is 20.8 Å². The van der Waals surface area contributed by atoms with E-state index in [0.717, 1.165) is 16.7 Å². The van der Waals surface area contributed by atoms with Gasteiger partial charge in [-0.1, -0.05) is 36.2 Å². The van der Waals surface area contributed by atoms with Crippen molar-refractivity contribution >= 4 is 27.5 Å². The van der Waals surface area contributed by atoms with Crippen molar-refractivity contribution in [2.24, 2.45) is 0 Å². The summed E-state index contributed by atoms with van der Waals surface area (Å²) in [6.07, 6.45) is 2.05. The molecule has 0 atom stereocenters. The van der Waals surface area contributed by atoms with Gasteiger partial charge in [0.2, 0.25) is 14.9 Å². The fourth-order valence-electron chi connectivity index (χ4n) is 3.11. The maximum atomic E-state index is 13.1. The van der Waals surface area contributed by atoms with E-state index in [0.29, 0.717) is 24.2 Å². The van der Waals surface area contributed by atoms with Crippen molar-refractivity contribution < 1.29 is 13.2 Å². The highest BCUT2D eigenvalue weighted by Gasteiger charge is 2.30. The molecule has 0 radical (unpaired) electrons. The van der Waals surface area contributed by atoms with E-state index >= 15 is 0 Å². The monoisotopic (exact) mass is 397 g/mol. The summed E-state index contributed by atoms with van der Waals surface area (Å²) in [6, 6.07) is 3.21. The van der Waals surface area contributed by atoms with Gasteiger partial charge in [-0.15, -0.1) is 0 Å². The van der Waals surface area contributed by atoms with Gasteiger partial charge >= 0.3 is 6.03 Å². The molecular formula is C18H24ClN3O3S. The van der Waals surface area contributed by atoms with Gasteiger partial charge in [-0.3, -0.25) is 0 Å².